The number of rotatable bonds is 4. The van der Waals surface area contributed by atoms with Crippen LogP contribution in [0.25, 0.3) is 0 Å². The lowest BCUT2D eigenvalue weighted by molar-refractivity contribution is 0.250. The maximum Gasteiger partial charge on any atom is 0.213 e. The molecule has 1 aromatic rings. The van der Waals surface area contributed by atoms with Crippen molar-refractivity contribution >= 4 is 9.84 Å². The molecule has 1 fully saturated rings. The second kappa shape index (κ2) is 5.24. The van der Waals surface area contributed by atoms with Crippen LogP contribution in [0, 0.1) is 0 Å². The summed E-state index contributed by atoms with van der Waals surface area (Å²) in [7, 11) is 0.688. The molecule has 1 aliphatic rings. The zero-order valence-electron chi connectivity index (χ0n) is 10.7. The summed E-state index contributed by atoms with van der Waals surface area (Å²) in [6, 6.07) is 5.70. The van der Waals surface area contributed by atoms with Gasteiger partial charge in [-0.2, -0.15) is 0 Å². The Hall–Kier alpha value is -1.14. The third-order valence-corrected chi connectivity index (χ3v) is 4.98. The van der Waals surface area contributed by atoms with E-state index in [1.54, 1.807) is 13.2 Å². The summed E-state index contributed by atoms with van der Waals surface area (Å²) in [6.07, 6.45) is 0.711. The molecular formula is C12H18N2O3S. The molecule has 1 aromatic heterocycles. The van der Waals surface area contributed by atoms with Gasteiger partial charge in [0.25, 0.3) is 0 Å². The number of hydrogen-bond donors (Lipinski definition) is 0. The molecule has 0 aromatic carbocycles. The van der Waals surface area contributed by atoms with Crippen LogP contribution in [0.2, 0.25) is 0 Å². The summed E-state index contributed by atoms with van der Waals surface area (Å²) < 4.78 is 27.9. The van der Waals surface area contributed by atoms with E-state index in [-0.39, 0.29) is 11.8 Å². The highest BCUT2D eigenvalue weighted by Crippen LogP contribution is 2.18. The molecule has 0 saturated carbocycles. The van der Waals surface area contributed by atoms with Crippen molar-refractivity contribution in [2.24, 2.45) is 0 Å². The molecule has 5 nitrogen and oxygen atoms in total. The first kappa shape index (κ1) is 13.3. The molecule has 100 valence electrons. The third kappa shape index (κ3) is 3.20. The van der Waals surface area contributed by atoms with Crippen LogP contribution in [0.3, 0.4) is 0 Å². The predicted octanol–water partition coefficient (Wildman–Crippen LogP) is 0.709. The standard InChI is InChI=1S/C12H18N2O3S/c1-14(11-6-7-18(15,16)9-11)8-10-4-3-5-12(13-10)17-2/h3-5,11H,6-9H2,1-2H3. The molecule has 0 radical (unpaired) electrons. The summed E-state index contributed by atoms with van der Waals surface area (Å²) in [5.74, 6) is 1.14. The van der Waals surface area contributed by atoms with Gasteiger partial charge < -0.3 is 4.74 Å². The maximum absolute atomic E-state index is 11.4. The van der Waals surface area contributed by atoms with Crippen molar-refractivity contribution in [3.63, 3.8) is 0 Å². The summed E-state index contributed by atoms with van der Waals surface area (Å²) in [5.41, 5.74) is 0.890. The van der Waals surface area contributed by atoms with Crippen molar-refractivity contribution in [1.29, 1.82) is 0 Å². The van der Waals surface area contributed by atoms with Crippen LogP contribution in [-0.2, 0) is 16.4 Å². The van der Waals surface area contributed by atoms with Gasteiger partial charge in [-0.25, -0.2) is 13.4 Å². The Morgan fingerprint density at radius 1 is 1.50 bits per heavy atom. The number of aromatic nitrogens is 1. The van der Waals surface area contributed by atoms with Crippen molar-refractivity contribution in [1.82, 2.24) is 9.88 Å². The summed E-state index contributed by atoms with van der Waals surface area (Å²) in [6.45, 7) is 0.636. The van der Waals surface area contributed by atoms with Gasteiger partial charge >= 0.3 is 0 Å². The molecule has 0 aliphatic carbocycles. The minimum absolute atomic E-state index is 0.100. The highest BCUT2D eigenvalue weighted by molar-refractivity contribution is 7.91. The number of sulfone groups is 1. The van der Waals surface area contributed by atoms with Crippen molar-refractivity contribution in [3.8, 4) is 5.88 Å². The van der Waals surface area contributed by atoms with Gasteiger partial charge in [0.05, 0.1) is 24.3 Å². The van der Waals surface area contributed by atoms with Crippen LogP contribution in [0.15, 0.2) is 18.2 Å². The van der Waals surface area contributed by atoms with E-state index in [0.717, 1.165) is 5.69 Å². The second-order valence-electron chi connectivity index (χ2n) is 4.64. The van der Waals surface area contributed by atoms with Gasteiger partial charge in [-0.05, 0) is 19.5 Å². The first-order valence-electron chi connectivity index (χ1n) is 5.91. The molecular weight excluding hydrogens is 252 g/mol. The van der Waals surface area contributed by atoms with Gasteiger partial charge in [0.2, 0.25) is 5.88 Å². The van der Waals surface area contributed by atoms with Crippen molar-refractivity contribution in [2.75, 3.05) is 25.7 Å². The van der Waals surface area contributed by atoms with E-state index in [4.69, 9.17) is 4.74 Å². The topological polar surface area (TPSA) is 59.5 Å². The molecule has 18 heavy (non-hydrogen) atoms. The Kier molecular flexibility index (Phi) is 3.87. The Balaban J connectivity index is 2.01. The molecule has 0 bridgehead atoms. The summed E-state index contributed by atoms with van der Waals surface area (Å²) >= 11 is 0. The summed E-state index contributed by atoms with van der Waals surface area (Å²) in [4.78, 5) is 6.37. The number of methoxy groups -OCH3 is 1. The molecule has 1 unspecified atom stereocenters. The van der Waals surface area contributed by atoms with Crippen LogP contribution in [0.5, 0.6) is 5.88 Å². The van der Waals surface area contributed by atoms with E-state index < -0.39 is 9.84 Å². The van der Waals surface area contributed by atoms with Crippen molar-refractivity contribution in [3.05, 3.63) is 23.9 Å². The average molecular weight is 270 g/mol. The number of pyridine rings is 1. The minimum atomic E-state index is -2.83. The van der Waals surface area contributed by atoms with Crippen molar-refractivity contribution in [2.45, 2.75) is 19.0 Å². The molecule has 2 heterocycles. The summed E-state index contributed by atoms with van der Waals surface area (Å²) in [5, 5.41) is 0. The average Bonchev–Trinajstić information content (AvgIpc) is 2.70. The third-order valence-electron chi connectivity index (χ3n) is 3.23. The first-order chi connectivity index (χ1) is 8.50. The van der Waals surface area contributed by atoms with Gasteiger partial charge in [-0.1, -0.05) is 6.07 Å². The Morgan fingerprint density at radius 3 is 2.89 bits per heavy atom. The highest BCUT2D eigenvalue weighted by atomic mass is 32.2. The Bertz CT molecular complexity index is 516. The number of ether oxygens (including phenoxy) is 1. The van der Waals surface area contributed by atoms with E-state index in [2.05, 4.69) is 4.98 Å². The van der Waals surface area contributed by atoms with E-state index in [0.29, 0.717) is 24.6 Å². The highest BCUT2D eigenvalue weighted by Gasteiger charge is 2.30. The number of nitrogens with zero attached hydrogens (tertiary/aromatic N) is 2. The lowest BCUT2D eigenvalue weighted by Gasteiger charge is -2.22. The second-order valence-corrected chi connectivity index (χ2v) is 6.87. The van der Waals surface area contributed by atoms with E-state index in [9.17, 15) is 8.42 Å². The molecule has 0 N–H and O–H groups in total. The SMILES string of the molecule is COc1cccc(CN(C)C2CCS(=O)(=O)C2)n1. The first-order valence-corrected chi connectivity index (χ1v) is 7.73. The Morgan fingerprint density at radius 2 is 2.28 bits per heavy atom. The van der Waals surface area contributed by atoms with Gasteiger partial charge in [0.1, 0.15) is 0 Å². The lowest BCUT2D eigenvalue weighted by atomic mass is 10.2. The largest absolute Gasteiger partial charge is 0.481 e. The fourth-order valence-corrected chi connectivity index (χ4v) is 3.97. The molecule has 0 amide bonds. The van der Waals surface area contributed by atoms with Gasteiger partial charge in [0, 0.05) is 18.7 Å². The molecule has 2 rings (SSSR count). The molecule has 0 spiro atoms. The normalized spacial score (nSPS) is 22.3. The van der Waals surface area contributed by atoms with Gasteiger partial charge in [-0.3, -0.25) is 4.90 Å². The zero-order valence-corrected chi connectivity index (χ0v) is 11.5. The van der Waals surface area contributed by atoms with Crippen LogP contribution in [0.4, 0.5) is 0 Å². The van der Waals surface area contributed by atoms with Crippen LogP contribution >= 0.6 is 0 Å². The number of hydrogen-bond acceptors (Lipinski definition) is 5. The van der Waals surface area contributed by atoms with Crippen LogP contribution < -0.4 is 4.74 Å². The fourth-order valence-electron chi connectivity index (χ4n) is 2.17. The lowest BCUT2D eigenvalue weighted by Crippen LogP contribution is -2.32. The molecule has 6 heteroatoms. The quantitative estimate of drug-likeness (QED) is 0.806. The minimum Gasteiger partial charge on any atom is -0.481 e. The van der Waals surface area contributed by atoms with E-state index in [1.807, 2.05) is 24.1 Å². The van der Waals surface area contributed by atoms with Crippen molar-refractivity contribution < 1.29 is 13.2 Å². The van der Waals surface area contributed by atoms with Crippen LogP contribution in [-0.4, -0.2) is 50.0 Å². The van der Waals surface area contributed by atoms with E-state index >= 15 is 0 Å². The zero-order chi connectivity index (χ0) is 13.2. The van der Waals surface area contributed by atoms with Gasteiger partial charge in [0.15, 0.2) is 9.84 Å². The maximum atomic E-state index is 11.4. The monoisotopic (exact) mass is 270 g/mol. The molecule has 1 atom stereocenters. The molecule has 1 saturated heterocycles. The van der Waals surface area contributed by atoms with Crippen LogP contribution in [0.1, 0.15) is 12.1 Å². The Labute approximate surface area is 108 Å². The van der Waals surface area contributed by atoms with Gasteiger partial charge in [-0.15, -0.1) is 0 Å². The molecule has 1 aliphatic heterocycles. The predicted molar refractivity (Wildman–Crippen MR) is 69.3 cm³/mol. The smallest absolute Gasteiger partial charge is 0.213 e. The fraction of sp³-hybridized carbons (Fsp3) is 0.583. The van der Waals surface area contributed by atoms with E-state index in [1.165, 1.54) is 0 Å².